The maximum atomic E-state index is 2.50. The number of hydrogen-bond donors (Lipinski definition) is 0. The van der Waals surface area contributed by atoms with Crippen LogP contribution in [0.2, 0.25) is 0 Å². The second kappa shape index (κ2) is 7.42. The van der Waals surface area contributed by atoms with E-state index in [-0.39, 0.29) is 5.41 Å². The van der Waals surface area contributed by atoms with Crippen molar-refractivity contribution < 1.29 is 0 Å². The van der Waals surface area contributed by atoms with Crippen LogP contribution in [0, 0.1) is 0 Å². The summed E-state index contributed by atoms with van der Waals surface area (Å²) >= 11 is 0. The summed E-state index contributed by atoms with van der Waals surface area (Å²) in [6.45, 7) is 9.29. The first-order valence-corrected chi connectivity index (χ1v) is 11.2. The zero-order chi connectivity index (χ0) is 21.6. The van der Waals surface area contributed by atoms with Crippen molar-refractivity contribution in [1.82, 2.24) is 0 Å². The van der Waals surface area contributed by atoms with Gasteiger partial charge in [-0.15, -0.1) is 0 Å². The Hall–Kier alpha value is -3.32. The van der Waals surface area contributed by atoms with Crippen LogP contribution in [0.25, 0.3) is 22.3 Å². The van der Waals surface area contributed by atoms with Crippen molar-refractivity contribution in [1.29, 1.82) is 0 Å². The van der Waals surface area contributed by atoms with Crippen LogP contribution in [0.4, 0.5) is 11.4 Å². The van der Waals surface area contributed by atoms with Crippen molar-refractivity contribution in [3.8, 4) is 22.3 Å². The van der Waals surface area contributed by atoms with E-state index in [1.165, 1.54) is 44.8 Å². The Morgan fingerprint density at radius 1 is 0.548 bits per heavy atom. The third-order valence-corrected chi connectivity index (χ3v) is 6.59. The molecule has 0 spiro atoms. The van der Waals surface area contributed by atoms with E-state index in [0.717, 1.165) is 0 Å². The Balaban J connectivity index is 1.72. The van der Waals surface area contributed by atoms with Crippen LogP contribution < -0.4 is 4.90 Å². The van der Waals surface area contributed by atoms with Gasteiger partial charge in [-0.2, -0.15) is 0 Å². The summed E-state index contributed by atoms with van der Waals surface area (Å²) in [6.07, 6.45) is 0. The molecule has 0 amide bonds. The van der Waals surface area contributed by atoms with Crippen LogP contribution in [0.5, 0.6) is 0 Å². The van der Waals surface area contributed by atoms with Gasteiger partial charge in [0.25, 0.3) is 0 Å². The Bertz CT molecular complexity index is 1130. The highest BCUT2D eigenvalue weighted by Gasteiger charge is 2.37. The maximum Gasteiger partial charge on any atom is 0.0455 e. The van der Waals surface area contributed by atoms with Crippen molar-refractivity contribution in [3.63, 3.8) is 0 Å². The van der Waals surface area contributed by atoms with Crippen molar-refractivity contribution in [2.45, 2.75) is 39.2 Å². The van der Waals surface area contributed by atoms with Crippen LogP contribution in [-0.4, -0.2) is 6.04 Å². The molecule has 1 heteroatoms. The normalized spacial score (nSPS) is 14.3. The summed E-state index contributed by atoms with van der Waals surface area (Å²) < 4.78 is 0. The van der Waals surface area contributed by atoms with Gasteiger partial charge >= 0.3 is 0 Å². The van der Waals surface area contributed by atoms with E-state index in [9.17, 15) is 0 Å². The molecule has 0 aromatic heterocycles. The zero-order valence-electron chi connectivity index (χ0n) is 18.8. The first-order chi connectivity index (χ1) is 15.0. The zero-order valence-corrected chi connectivity index (χ0v) is 18.8. The molecule has 0 saturated heterocycles. The molecule has 0 atom stereocenters. The lowest BCUT2D eigenvalue weighted by Crippen LogP contribution is -2.36. The molecule has 1 heterocycles. The molecule has 31 heavy (non-hydrogen) atoms. The van der Waals surface area contributed by atoms with Crippen molar-refractivity contribution in [2.75, 3.05) is 4.90 Å². The Labute approximate surface area is 186 Å². The van der Waals surface area contributed by atoms with E-state index in [0.29, 0.717) is 6.04 Å². The summed E-state index contributed by atoms with van der Waals surface area (Å²) in [5, 5.41) is 0. The number of benzene rings is 4. The van der Waals surface area contributed by atoms with Gasteiger partial charge in [0.15, 0.2) is 0 Å². The first kappa shape index (κ1) is 19.6. The minimum absolute atomic E-state index is 0.0916. The molecule has 154 valence electrons. The Morgan fingerprint density at radius 3 is 1.35 bits per heavy atom. The second-order valence-corrected chi connectivity index (χ2v) is 9.28. The maximum absolute atomic E-state index is 2.50. The molecule has 1 aliphatic rings. The molecule has 4 aromatic carbocycles. The SMILES string of the molecule is CC(C)N1c2ccc(-c3ccccc3)cc2C(C)(C)c2cc(-c3ccccc3)ccc21. The van der Waals surface area contributed by atoms with E-state index in [1.807, 2.05) is 0 Å². The van der Waals surface area contributed by atoms with E-state index in [1.54, 1.807) is 0 Å². The van der Waals surface area contributed by atoms with Crippen LogP contribution in [0.15, 0.2) is 97.1 Å². The molecule has 0 aliphatic carbocycles. The minimum atomic E-state index is -0.0916. The molecule has 1 nitrogen and oxygen atoms in total. The number of hydrogen-bond acceptors (Lipinski definition) is 1. The lowest BCUT2D eigenvalue weighted by Gasteiger charge is -2.44. The van der Waals surface area contributed by atoms with Crippen molar-refractivity contribution >= 4 is 11.4 Å². The summed E-state index contributed by atoms with van der Waals surface area (Å²) in [7, 11) is 0. The molecule has 0 bridgehead atoms. The largest absolute Gasteiger partial charge is 0.338 e. The van der Waals surface area contributed by atoms with Gasteiger partial charge in [0.1, 0.15) is 0 Å². The van der Waals surface area contributed by atoms with Crippen LogP contribution in [0.1, 0.15) is 38.8 Å². The highest BCUT2D eigenvalue weighted by molar-refractivity contribution is 5.83. The number of nitrogens with zero attached hydrogens (tertiary/aromatic N) is 1. The highest BCUT2D eigenvalue weighted by Crippen LogP contribution is 2.51. The topological polar surface area (TPSA) is 3.24 Å². The van der Waals surface area contributed by atoms with Crippen LogP contribution in [0.3, 0.4) is 0 Å². The van der Waals surface area contributed by atoms with Crippen LogP contribution in [-0.2, 0) is 5.41 Å². The van der Waals surface area contributed by atoms with Gasteiger partial charge in [0, 0.05) is 22.8 Å². The van der Waals surface area contributed by atoms with E-state index in [2.05, 4.69) is 130 Å². The second-order valence-electron chi connectivity index (χ2n) is 9.28. The quantitative estimate of drug-likeness (QED) is 0.333. The van der Waals surface area contributed by atoms with Gasteiger partial charge in [0.05, 0.1) is 0 Å². The standard InChI is InChI=1S/C30H29N/c1-21(2)31-28-17-15-24(22-11-7-5-8-12-22)19-26(28)30(3,4)27-20-25(16-18-29(27)31)23-13-9-6-10-14-23/h5-21H,1-4H3. The molecule has 0 saturated carbocycles. The summed E-state index contributed by atoms with van der Waals surface area (Å²) in [5.74, 6) is 0. The van der Waals surface area contributed by atoms with Gasteiger partial charge in [0.2, 0.25) is 0 Å². The average Bonchev–Trinajstić information content (AvgIpc) is 2.80. The number of anilines is 2. The highest BCUT2D eigenvalue weighted by atomic mass is 15.2. The molecule has 0 radical (unpaired) electrons. The fourth-order valence-electron chi connectivity index (χ4n) is 4.94. The van der Waals surface area contributed by atoms with E-state index in [4.69, 9.17) is 0 Å². The molecular formula is C30H29N. The Kier molecular flexibility index (Phi) is 4.70. The lowest BCUT2D eigenvalue weighted by atomic mass is 9.72. The minimum Gasteiger partial charge on any atom is -0.338 e. The number of rotatable bonds is 3. The summed E-state index contributed by atoms with van der Waals surface area (Å²) in [6, 6.07) is 35.7. The monoisotopic (exact) mass is 403 g/mol. The molecular weight excluding hydrogens is 374 g/mol. The first-order valence-electron chi connectivity index (χ1n) is 11.2. The van der Waals surface area contributed by atoms with E-state index >= 15 is 0 Å². The molecule has 1 aliphatic heterocycles. The fraction of sp³-hybridized carbons (Fsp3) is 0.200. The van der Waals surface area contributed by atoms with Gasteiger partial charge < -0.3 is 4.90 Å². The van der Waals surface area contributed by atoms with E-state index < -0.39 is 0 Å². The summed E-state index contributed by atoms with van der Waals surface area (Å²) in [5.41, 5.74) is 10.4. The molecule has 0 N–H and O–H groups in total. The predicted molar refractivity (Wildman–Crippen MR) is 133 cm³/mol. The Morgan fingerprint density at radius 2 is 0.968 bits per heavy atom. The number of fused-ring (bicyclic) bond motifs is 2. The molecule has 0 fully saturated rings. The van der Waals surface area contributed by atoms with Gasteiger partial charge in [-0.25, -0.2) is 0 Å². The van der Waals surface area contributed by atoms with Crippen molar-refractivity contribution in [2.24, 2.45) is 0 Å². The predicted octanol–water partition coefficient (Wildman–Crippen LogP) is 8.21. The average molecular weight is 404 g/mol. The lowest BCUT2D eigenvalue weighted by molar-refractivity contribution is 0.613. The van der Waals surface area contributed by atoms with Crippen molar-refractivity contribution in [3.05, 3.63) is 108 Å². The fourth-order valence-corrected chi connectivity index (χ4v) is 4.94. The van der Waals surface area contributed by atoms with Gasteiger partial charge in [-0.1, -0.05) is 86.6 Å². The van der Waals surface area contributed by atoms with Gasteiger partial charge in [-0.3, -0.25) is 0 Å². The van der Waals surface area contributed by atoms with Crippen LogP contribution >= 0.6 is 0 Å². The summed E-state index contributed by atoms with van der Waals surface area (Å²) in [4.78, 5) is 2.50. The van der Waals surface area contributed by atoms with Gasteiger partial charge in [-0.05, 0) is 71.5 Å². The molecule has 0 unspecified atom stereocenters. The smallest absolute Gasteiger partial charge is 0.0455 e. The molecule has 5 rings (SSSR count). The third-order valence-electron chi connectivity index (χ3n) is 6.59. The molecule has 4 aromatic rings. The third kappa shape index (κ3) is 3.25.